The highest BCUT2D eigenvalue weighted by Crippen LogP contribution is 2.03. The zero-order chi connectivity index (χ0) is 5.28. The van der Waals surface area contributed by atoms with Gasteiger partial charge in [0.15, 0.2) is 6.20 Å². The van der Waals surface area contributed by atoms with Crippen molar-refractivity contribution in [3.05, 3.63) is 11.4 Å². The molecule has 7 heavy (non-hydrogen) atoms. The SMILES string of the molecule is CN1C=C(Cl)[N+]=N1. The molecule has 1 aliphatic heterocycles. The van der Waals surface area contributed by atoms with Crippen molar-refractivity contribution in [1.82, 2.24) is 10.1 Å². The molecule has 0 unspecified atom stereocenters. The van der Waals surface area contributed by atoms with Crippen molar-refractivity contribution in [2.45, 2.75) is 0 Å². The van der Waals surface area contributed by atoms with Gasteiger partial charge in [-0.1, -0.05) is 0 Å². The normalized spacial score (nSPS) is 18.0. The van der Waals surface area contributed by atoms with Crippen molar-refractivity contribution in [2.75, 3.05) is 7.05 Å². The zero-order valence-corrected chi connectivity index (χ0v) is 4.55. The van der Waals surface area contributed by atoms with Crippen LogP contribution in [0.4, 0.5) is 0 Å². The van der Waals surface area contributed by atoms with Crippen molar-refractivity contribution in [1.29, 1.82) is 0 Å². The molecule has 0 aliphatic carbocycles. The topological polar surface area (TPSA) is 29.7 Å². The van der Waals surface area contributed by atoms with Gasteiger partial charge in [0.05, 0.1) is 5.11 Å². The van der Waals surface area contributed by atoms with E-state index in [-0.39, 0.29) is 0 Å². The van der Waals surface area contributed by atoms with Crippen molar-refractivity contribution < 1.29 is 0 Å². The standard InChI is InChI=1S/C3H4ClN3/c1-7-2-3(4)5-6-7/h2H,1H3/q+1. The van der Waals surface area contributed by atoms with Crippen LogP contribution in [0.5, 0.6) is 0 Å². The third-order valence-corrected chi connectivity index (χ3v) is 0.748. The molecule has 0 fully saturated rings. The van der Waals surface area contributed by atoms with Gasteiger partial charge >= 0.3 is 5.16 Å². The lowest BCUT2D eigenvalue weighted by Crippen LogP contribution is -1.94. The van der Waals surface area contributed by atoms with E-state index >= 15 is 0 Å². The summed E-state index contributed by atoms with van der Waals surface area (Å²) in [5.74, 6) is 0. The Morgan fingerprint density at radius 2 is 2.71 bits per heavy atom. The Kier molecular flexibility index (Phi) is 0.982. The highest BCUT2D eigenvalue weighted by atomic mass is 35.5. The molecule has 0 aromatic heterocycles. The molecular formula is C3H4ClN3+. The first-order chi connectivity index (χ1) is 3.29. The maximum atomic E-state index is 5.37. The Hall–Kier alpha value is -0.570. The summed E-state index contributed by atoms with van der Waals surface area (Å²) in [6.07, 6.45) is 1.63. The minimum atomic E-state index is 0.433. The average Bonchev–Trinajstić information content (AvgIpc) is 1.87. The summed E-state index contributed by atoms with van der Waals surface area (Å²) >= 11 is 5.37. The Morgan fingerprint density at radius 1 is 2.00 bits per heavy atom. The molecule has 1 heterocycles. The van der Waals surface area contributed by atoms with Gasteiger partial charge in [0.1, 0.15) is 12.3 Å². The van der Waals surface area contributed by atoms with Gasteiger partial charge in [0, 0.05) is 0 Å². The second-order valence-electron chi connectivity index (χ2n) is 1.21. The van der Waals surface area contributed by atoms with Gasteiger partial charge in [-0.15, -0.1) is 5.01 Å². The zero-order valence-electron chi connectivity index (χ0n) is 3.80. The maximum Gasteiger partial charge on any atom is 0.311 e. The van der Waals surface area contributed by atoms with Crippen LogP contribution in [0.25, 0.3) is 0 Å². The Bertz CT molecular complexity index is 128. The molecule has 0 saturated carbocycles. The first-order valence-electron chi connectivity index (χ1n) is 1.81. The Morgan fingerprint density at radius 3 is 2.86 bits per heavy atom. The van der Waals surface area contributed by atoms with Gasteiger partial charge in [-0.05, 0) is 11.6 Å². The van der Waals surface area contributed by atoms with Gasteiger partial charge in [-0.25, -0.2) is 0 Å². The molecule has 0 N–H and O–H groups in total. The van der Waals surface area contributed by atoms with Crippen LogP contribution in [0.2, 0.25) is 0 Å². The second-order valence-corrected chi connectivity index (χ2v) is 1.60. The predicted octanol–water partition coefficient (Wildman–Crippen LogP) is 0.672. The highest BCUT2D eigenvalue weighted by molar-refractivity contribution is 6.29. The van der Waals surface area contributed by atoms with Crippen molar-refractivity contribution in [2.24, 2.45) is 5.22 Å². The van der Waals surface area contributed by atoms with Crippen molar-refractivity contribution >= 4 is 11.6 Å². The molecule has 1 radical (unpaired) electrons. The van der Waals surface area contributed by atoms with Gasteiger partial charge in [0.2, 0.25) is 0 Å². The van der Waals surface area contributed by atoms with Gasteiger partial charge < -0.3 is 0 Å². The smallest absolute Gasteiger partial charge is 0.135 e. The number of hydrogen-bond donors (Lipinski definition) is 0. The van der Waals surface area contributed by atoms with E-state index in [9.17, 15) is 0 Å². The molecule has 0 aromatic carbocycles. The van der Waals surface area contributed by atoms with E-state index in [1.54, 1.807) is 18.3 Å². The van der Waals surface area contributed by atoms with Crippen LogP contribution in [0.1, 0.15) is 0 Å². The van der Waals surface area contributed by atoms with Gasteiger partial charge in [0.25, 0.3) is 0 Å². The summed E-state index contributed by atoms with van der Waals surface area (Å²) in [6, 6.07) is 0. The highest BCUT2D eigenvalue weighted by Gasteiger charge is 2.11. The molecule has 4 heteroatoms. The van der Waals surface area contributed by atoms with E-state index in [1.165, 1.54) is 0 Å². The third kappa shape index (κ3) is 0.899. The van der Waals surface area contributed by atoms with Crippen molar-refractivity contribution in [3.63, 3.8) is 0 Å². The predicted molar refractivity (Wildman–Crippen MR) is 26.3 cm³/mol. The molecule has 3 nitrogen and oxygen atoms in total. The largest absolute Gasteiger partial charge is 0.311 e. The number of hydrogen-bond acceptors (Lipinski definition) is 3. The van der Waals surface area contributed by atoms with Crippen LogP contribution in [-0.2, 0) is 0 Å². The monoisotopic (exact) mass is 117 g/mol. The van der Waals surface area contributed by atoms with Crippen LogP contribution in [0.3, 0.4) is 0 Å². The van der Waals surface area contributed by atoms with Gasteiger partial charge in [-0.2, -0.15) is 0 Å². The minimum Gasteiger partial charge on any atom is -0.135 e. The summed E-state index contributed by atoms with van der Waals surface area (Å²) in [5.41, 5.74) is 0. The van der Waals surface area contributed by atoms with E-state index in [4.69, 9.17) is 11.6 Å². The van der Waals surface area contributed by atoms with Crippen LogP contribution < -0.4 is 5.11 Å². The van der Waals surface area contributed by atoms with E-state index in [1.807, 2.05) is 0 Å². The lowest BCUT2D eigenvalue weighted by atomic mass is 10.9. The van der Waals surface area contributed by atoms with Crippen LogP contribution >= 0.6 is 11.6 Å². The molecule has 0 amide bonds. The molecule has 0 atom stereocenters. The Labute approximate surface area is 46.3 Å². The van der Waals surface area contributed by atoms with Crippen LogP contribution in [-0.4, -0.2) is 12.1 Å². The van der Waals surface area contributed by atoms with E-state index in [2.05, 4.69) is 10.3 Å². The molecule has 37 valence electrons. The number of nitrogens with zero attached hydrogens (tertiary/aromatic N) is 3. The average molecular weight is 118 g/mol. The molecular weight excluding hydrogens is 114 g/mol. The summed E-state index contributed by atoms with van der Waals surface area (Å²) < 4.78 is 0. The first kappa shape index (κ1) is 4.59. The van der Waals surface area contributed by atoms with Crippen molar-refractivity contribution in [3.8, 4) is 0 Å². The molecule has 0 spiro atoms. The quantitative estimate of drug-likeness (QED) is 0.429. The summed E-state index contributed by atoms with van der Waals surface area (Å²) in [4.78, 5) is 0. The summed E-state index contributed by atoms with van der Waals surface area (Å²) in [6.45, 7) is 0. The summed E-state index contributed by atoms with van der Waals surface area (Å²) in [5, 5.41) is 9.02. The fraction of sp³-hybridized carbons (Fsp3) is 0.333. The van der Waals surface area contributed by atoms with E-state index in [0.29, 0.717) is 5.16 Å². The van der Waals surface area contributed by atoms with Crippen LogP contribution in [0.15, 0.2) is 16.6 Å². The fourth-order valence-electron chi connectivity index (χ4n) is 0.319. The second kappa shape index (κ2) is 1.50. The van der Waals surface area contributed by atoms with Crippen LogP contribution in [0, 0.1) is 0 Å². The molecule has 1 rings (SSSR count). The minimum absolute atomic E-state index is 0.433. The first-order valence-corrected chi connectivity index (χ1v) is 2.18. The van der Waals surface area contributed by atoms with E-state index < -0.39 is 0 Å². The number of rotatable bonds is 0. The van der Waals surface area contributed by atoms with Gasteiger partial charge in [-0.3, -0.25) is 0 Å². The molecule has 0 aromatic rings. The Balaban J connectivity index is 2.69. The molecule has 0 bridgehead atoms. The maximum absolute atomic E-state index is 5.37. The third-order valence-electron chi connectivity index (χ3n) is 0.575. The van der Waals surface area contributed by atoms with E-state index in [0.717, 1.165) is 0 Å². The molecule has 0 saturated heterocycles. The lowest BCUT2D eigenvalue weighted by molar-refractivity contribution is 0.470. The lowest BCUT2D eigenvalue weighted by Gasteiger charge is -1.79. The number of halogens is 1. The fourth-order valence-corrected chi connectivity index (χ4v) is 0.494. The summed E-state index contributed by atoms with van der Waals surface area (Å²) in [7, 11) is 1.76. The molecule has 1 aliphatic rings.